The lowest BCUT2D eigenvalue weighted by atomic mass is 9.79. The third-order valence-corrected chi connectivity index (χ3v) is 6.76. The topological polar surface area (TPSA) is 49.9 Å². The lowest BCUT2D eigenvalue weighted by Crippen LogP contribution is -2.46. The highest BCUT2D eigenvalue weighted by Crippen LogP contribution is 2.37. The number of amides is 2. The number of nitrogens with zero attached hydrogens (tertiary/aromatic N) is 2. The van der Waals surface area contributed by atoms with Gasteiger partial charge in [0, 0.05) is 33.8 Å². The molecule has 2 aliphatic heterocycles. The minimum Gasteiger partial charge on any atom is -0.368 e. The molecule has 0 bridgehead atoms. The molecular formula is C23H28N2O3S. The fourth-order valence-corrected chi connectivity index (χ4v) is 5.20. The highest BCUT2D eigenvalue weighted by molar-refractivity contribution is 7.08. The van der Waals surface area contributed by atoms with E-state index in [9.17, 15) is 9.59 Å². The quantitative estimate of drug-likeness (QED) is 0.756. The summed E-state index contributed by atoms with van der Waals surface area (Å²) in [6.45, 7) is 1.74. The van der Waals surface area contributed by atoms with E-state index in [-0.39, 0.29) is 17.9 Å². The number of likely N-dealkylation sites (tertiary alicyclic amines) is 1. The Balaban J connectivity index is 1.53. The third-order valence-electron chi connectivity index (χ3n) is 6.08. The van der Waals surface area contributed by atoms with Crippen molar-refractivity contribution >= 4 is 23.2 Å². The lowest BCUT2D eigenvalue weighted by molar-refractivity contribution is -0.142. The van der Waals surface area contributed by atoms with Gasteiger partial charge in [0.2, 0.25) is 5.91 Å². The number of carbonyl (C=O) groups is 2. The van der Waals surface area contributed by atoms with Crippen molar-refractivity contribution in [3.05, 3.63) is 46.7 Å². The van der Waals surface area contributed by atoms with Gasteiger partial charge in [0.25, 0.3) is 5.91 Å². The van der Waals surface area contributed by atoms with Crippen LogP contribution in [0.25, 0.3) is 11.1 Å². The Hall–Kier alpha value is -2.18. The van der Waals surface area contributed by atoms with Crippen LogP contribution in [0.5, 0.6) is 0 Å². The summed E-state index contributed by atoms with van der Waals surface area (Å²) < 4.78 is 5.58. The normalized spacial score (nSPS) is 24.1. The number of hydrogen-bond donors (Lipinski definition) is 0. The molecule has 1 aromatic heterocycles. The van der Waals surface area contributed by atoms with Gasteiger partial charge in [-0.2, -0.15) is 11.3 Å². The molecule has 2 saturated heterocycles. The molecule has 0 aliphatic carbocycles. The van der Waals surface area contributed by atoms with Crippen LogP contribution in [0.15, 0.2) is 41.1 Å². The first-order valence-electron chi connectivity index (χ1n) is 10.2. The van der Waals surface area contributed by atoms with Gasteiger partial charge >= 0.3 is 0 Å². The second-order valence-electron chi connectivity index (χ2n) is 8.38. The lowest BCUT2D eigenvalue weighted by Gasteiger charge is -2.31. The molecule has 0 saturated carbocycles. The van der Waals surface area contributed by atoms with Gasteiger partial charge < -0.3 is 14.5 Å². The van der Waals surface area contributed by atoms with Crippen molar-refractivity contribution < 1.29 is 14.3 Å². The average molecular weight is 413 g/mol. The Kier molecular flexibility index (Phi) is 5.74. The van der Waals surface area contributed by atoms with Crippen molar-refractivity contribution in [3.8, 4) is 11.1 Å². The van der Waals surface area contributed by atoms with Gasteiger partial charge in [0.15, 0.2) is 0 Å². The van der Waals surface area contributed by atoms with Gasteiger partial charge in [-0.05, 0) is 59.2 Å². The number of ether oxygens (including phenoxy) is 1. The van der Waals surface area contributed by atoms with Crippen molar-refractivity contribution in [2.75, 3.05) is 33.8 Å². The van der Waals surface area contributed by atoms with Gasteiger partial charge in [-0.3, -0.25) is 9.59 Å². The summed E-state index contributed by atoms with van der Waals surface area (Å²) in [7, 11) is 3.60. The van der Waals surface area contributed by atoms with E-state index in [1.165, 1.54) is 11.1 Å². The summed E-state index contributed by atoms with van der Waals surface area (Å²) in [6.07, 6.45) is 2.72. The zero-order chi connectivity index (χ0) is 20.4. The first kappa shape index (κ1) is 20.1. The molecule has 6 heteroatoms. The SMILES string of the molecule is CN(C)C(=O)[C@@]1(Cc2ccc(-c3ccsc3)cc2)CCN(C(=O)[C@@H]2CCCO2)C1. The third kappa shape index (κ3) is 4.09. The maximum atomic E-state index is 13.2. The van der Waals surface area contributed by atoms with Crippen LogP contribution in [-0.4, -0.2) is 61.5 Å². The predicted octanol–water partition coefficient (Wildman–Crippen LogP) is 3.44. The van der Waals surface area contributed by atoms with Crippen LogP contribution in [0.3, 0.4) is 0 Å². The molecule has 0 unspecified atom stereocenters. The van der Waals surface area contributed by atoms with Crippen LogP contribution < -0.4 is 0 Å². The second kappa shape index (κ2) is 8.28. The average Bonchev–Trinajstić information content (AvgIpc) is 3.49. The van der Waals surface area contributed by atoms with Crippen molar-refractivity contribution in [1.29, 1.82) is 0 Å². The van der Waals surface area contributed by atoms with E-state index in [2.05, 4.69) is 41.1 Å². The molecule has 154 valence electrons. The fourth-order valence-electron chi connectivity index (χ4n) is 4.54. The molecule has 2 amide bonds. The summed E-state index contributed by atoms with van der Waals surface area (Å²) in [5.74, 6) is 0.144. The van der Waals surface area contributed by atoms with Gasteiger partial charge in [0.05, 0.1) is 5.41 Å². The Morgan fingerprint density at radius 2 is 2.00 bits per heavy atom. The number of rotatable bonds is 5. The fraction of sp³-hybridized carbons (Fsp3) is 0.478. The van der Waals surface area contributed by atoms with Crippen LogP contribution in [0, 0.1) is 5.41 Å². The van der Waals surface area contributed by atoms with E-state index in [1.807, 2.05) is 4.90 Å². The van der Waals surface area contributed by atoms with E-state index >= 15 is 0 Å². The highest BCUT2D eigenvalue weighted by Gasteiger charge is 2.47. The Bertz CT molecular complexity index is 857. The second-order valence-corrected chi connectivity index (χ2v) is 9.16. The van der Waals surface area contributed by atoms with E-state index in [1.54, 1.807) is 30.3 Å². The molecule has 3 heterocycles. The van der Waals surface area contributed by atoms with Crippen molar-refractivity contribution in [3.63, 3.8) is 0 Å². The Morgan fingerprint density at radius 1 is 1.21 bits per heavy atom. The number of carbonyl (C=O) groups excluding carboxylic acids is 2. The first-order valence-corrected chi connectivity index (χ1v) is 11.2. The molecule has 5 nitrogen and oxygen atoms in total. The van der Waals surface area contributed by atoms with Crippen molar-refractivity contribution in [2.45, 2.75) is 31.8 Å². The summed E-state index contributed by atoms with van der Waals surface area (Å²) in [4.78, 5) is 29.5. The minimum absolute atomic E-state index is 0.0451. The monoisotopic (exact) mass is 412 g/mol. The van der Waals surface area contributed by atoms with Gasteiger partial charge in [-0.15, -0.1) is 0 Å². The molecule has 4 rings (SSSR count). The predicted molar refractivity (Wildman–Crippen MR) is 115 cm³/mol. The summed E-state index contributed by atoms with van der Waals surface area (Å²) in [5, 5.41) is 4.21. The smallest absolute Gasteiger partial charge is 0.251 e. The van der Waals surface area contributed by atoms with Gasteiger partial charge in [-0.1, -0.05) is 24.3 Å². The molecule has 2 aromatic rings. The largest absolute Gasteiger partial charge is 0.368 e. The van der Waals surface area contributed by atoms with Crippen LogP contribution in [0.1, 0.15) is 24.8 Å². The maximum Gasteiger partial charge on any atom is 0.251 e. The molecule has 29 heavy (non-hydrogen) atoms. The first-order chi connectivity index (χ1) is 14.0. The summed E-state index contributed by atoms with van der Waals surface area (Å²) >= 11 is 1.69. The van der Waals surface area contributed by atoms with Gasteiger partial charge in [0.1, 0.15) is 6.10 Å². The molecular weight excluding hydrogens is 384 g/mol. The minimum atomic E-state index is -0.568. The van der Waals surface area contributed by atoms with Crippen LogP contribution >= 0.6 is 11.3 Å². The molecule has 1 aromatic carbocycles. The Morgan fingerprint density at radius 3 is 2.62 bits per heavy atom. The number of benzene rings is 1. The zero-order valence-corrected chi connectivity index (χ0v) is 17.9. The van der Waals surface area contributed by atoms with E-state index < -0.39 is 5.41 Å². The Labute approximate surface area is 176 Å². The van der Waals surface area contributed by atoms with E-state index in [4.69, 9.17) is 4.74 Å². The molecule has 0 spiro atoms. The molecule has 0 N–H and O–H groups in total. The molecule has 0 radical (unpaired) electrons. The summed E-state index contributed by atoms with van der Waals surface area (Å²) in [5.41, 5.74) is 2.96. The number of hydrogen-bond acceptors (Lipinski definition) is 4. The number of thiophene rings is 1. The van der Waals surface area contributed by atoms with Gasteiger partial charge in [-0.25, -0.2) is 0 Å². The molecule has 2 atom stereocenters. The van der Waals surface area contributed by atoms with Crippen LogP contribution in [0.4, 0.5) is 0 Å². The maximum absolute atomic E-state index is 13.2. The van der Waals surface area contributed by atoms with E-state index in [0.717, 1.165) is 18.4 Å². The van der Waals surface area contributed by atoms with Crippen LogP contribution in [0.2, 0.25) is 0 Å². The van der Waals surface area contributed by atoms with Crippen LogP contribution in [-0.2, 0) is 20.7 Å². The zero-order valence-electron chi connectivity index (χ0n) is 17.1. The summed E-state index contributed by atoms with van der Waals surface area (Å²) in [6, 6.07) is 10.6. The van der Waals surface area contributed by atoms with Crippen molar-refractivity contribution in [2.24, 2.45) is 5.41 Å². The molecule has 2 fully saturated rings. The van der Waals surface area contributed by atoms with Crippen molar-refractivity contribution in [1.82, 2.24) is 9.80 Å². The highest BCUT2D eigenvalue weighted by atomic mass is 32.1. The van der Waals surface area contributed by atoms with E-state index in [0.29, 0.717) is 32.5 Å². The molecule has 2 aliphatic rings. The standard InChI is InChI=1S/C23H28N2O3S/c1-24(2)22(27)23(10-11-25(16-23)21(26)20-4-3-12-28-20)14-17-5-7-18(8-6-17)19-9-13-29-15-19/h5-9,13,15,20H,3-4,10-12,14,16H2,1-2H3/t20-,23+/m0/s1.